The van der Waals surface area contributed by atoms with Gasteiger partial charge in [-0.3, -0.25) is 0 Å². The van der Waals surface area contributed by atoms with Gasteiger partial charge >= 0.3 is 0 Å². The molecule has 1 rings (SSSR count). The van der Waals surface area contributed by atoms with Gasteiger partial charge in [0, 0.05) is 12.1 Å². The van der Waals surface area contributed by atoms with Gasteiger partial charge in [0.15, 0.2) is 10.8 Å². The van der Waals surface area contributed by atoms with E-state index in [4.69, 9.17) is 18.0 Å². The molecule has 0 aromatic carbocycles. The van der Waals surface area contributed by atoms with Crippen LogP contribution < -0.4 is 5.73 Å². The van der Waals surface area contributed by atoms with Crippen molar-refractivity contribution in [2.24, 2.45) is 10.8 Å². The first kappa shape index (κ1) is 8.42. The molecule has 4 nitrogen and oxygen atoms in total. The molecule has 0 aliphatic carbocycles. The predicted molar refractivity (Wildman–Crippen MR) is 47.0 cm³/mol. The Hall–Kier alpha value is -0.680. The fraction of sp³-hybridized carbons (Fsp3) is 0.667. The van der Waals surface area contributed by atoms with E-state index in [-0.39, 0.29) is 5.11 Å². The van der Waals surface area contributed by atoms with E-state index in [1.807, 2.05) is 6.92 Å². The second-order valence-electron chi connectivity index (χ2n) is 2.88. The van der Waals surface area contributed by atoms with E-state index in [9.17, 15) is 5.11 Å². The zero-order chi connectivity index (χ0) is 8.65. The summed E-state index contributed by atoms with van der Waals surface area (Å²) in [4.78, 5) is 0. The first-order valence-corrected chi connectivity index (χ1v) is 3.70. The minimum absolute atomic E-state index is 0.104. The van der Waals surface area contributed by atoms with Crippen molar-refractivity contribution in [3.05, 3.63) is 0 Å². The van der Waals surface area contributed by atoms with Crippen LogP contribution in [0.15, 0.2) is 5.10 Å². The number of hydrogen-bond donors (Lipinski definition) is 2. The third-order valence-corrected chi connectivity index (χ3v) is 1.70. The minimum Gasteiger partial charge on any atom is -0.375 e. The first-order chi connectivity index (χ1) is 4.93. The lowest BCUT2D eigenvalue weighted by atomic mass is 10.1. The van der Waals surface area contributed by atoms with E-state index in [0.717, 1.165) is 5.71 Å². The first-order valence-electron chi connectivity index (χ1n) is 3.29. The van der Waals surface area contributed by atoms with Crippen molar-refractivity contribution in [1.29, 1.82) is 0 Å². The van der Waals surface area contributed by atoms with Gasteiger partial charge in [0.25, 0.3) is 0 Å². The maximum Gasteiger partial charge on any atom is 0.189 e. The normalized spacial score (nSPS) is 30.5. The average Bonchev–Trinajstić information content (AvgIpc) is 2.04. The van der Waals surface area contributed by atoms with Crippen molar-refractivity contribution in [2.75, 3.05) is 0 Å². The van der Waals surface area contributed by atoms with E-state index in [1.54, 1.807) is 6.92 Å². The molecule has 5 heteroatoms. The molecule has 11 heavy (non-hydrogen) atoms. The second kappa shape index (κ2) is 2.42. The quantitative estimate of drug-likeness (QED) is 0.507. The predicted octanol–water partition coefficient (Wildman–Crippen LogP) is 0.0201. The van der Waals surface area contributed by atoms with Crippen LogP contribution in [-0.2, 0) is 0 Å². The zero-order valence-corrected chi connectivity index (χ0v) is 7.35. The Morgan fingerprint density at radius 2 is 2.45 bits per heavy atom. The number of nitrogens with two attached hydrogens (primary N) is 1. The molecule has 1 heterocycles. The molecule has 0 amide bonds. The molecule has 1 atom stereocenters. The van der Waals surface area contributed by atoms with E-state index in [2.05, 4.69) is 5.10 Å². The van der Waals surface area contributed by atoms with Crippen LogP contribution in [0.5, 0.6) is 0 Å². The summed E-state index contributed by atoms with van der Waals surface area (Å²) >= 11 is 4.69. The Morgan fingerprint density at radius 1 is 1.91 bits per heavy atom. The van der Waals surface area contributed by atoms with E-state index in [1.165, 1.54) is 5.01 Å². The van der Waals surface area contributed by atoms with Gasteiger partial charge in [-0.1, -0.05) is 0 Å². The highest BCUT2D eigenvalue weighted by Gasteiger charge is 2.36. The molecule has 0 radical (unpaired) electrons. The van der Waals surface area contributed by atoms with E-state index >= 15 is 0 Å². The fourth-order valence-electron chi connectivity index (χ4n) is 1.16. The smallest absolute Gasteiger partial charge is 0.189 e. The van der Waals surface area contributed by atoms with Gasteiger partial charge < -0.3 is 10.8 Å². The second-order valence-corrected chi connectivity index (χ2v) is 3.30. The third kappa shape index (κ3) is 1.49. The standard InChI is InChI=1S/C6H11N3OS/c1-4-3-6(2,10)9(8-4)5(7)11/h10H,3H2,1-2H3,(H2,7,11)/t6-/m0/s1. The van der Waals surface area contributed by atoms with Crippen molar-refractivity contribution in [1.82, 2.24) is 5.01 Å². The maximum atomic E-state index is 9.64. The largest absolute Gasteiger partial charge is 0.375 e. The average molecular weight is 173 g/mol. The topological polar surface area (TPSA) is 61.8 Å². The molecule has 0 bridgehead atoms. The molecule has 0 saturated heterocycles. The summed E-state index contributed by atoms with van der Waals surface area (Å²) in [5, 5.41) is 15.0. The molecule has 0 fully saturated rings. The van der Waals surface area contributed by atoms with Crippen LogP contribution in [-0.4, -0.2) is 26.7 Å². The Labute approximate surface area is 70.7 Å². The summed E-state index contributed by atoms with van der Waals surface area (Å²) in [6.07, 6.45) is 0.490. The molecule has 62 valence electrons. The van der Waals surface area contributed by atoms with Crippen LogP contribution >= 0.6 is 12.2 Å². The molecule has 0 aromatic rings. The SMILES string of the molecule is CC1=NN(C(N)=S)[C@@](C)(O)C1. The van der Waals surface area contributed by atoms with E-state index < -0.39 is 5.72 Å². The van der Waals surface area contributed by atoms with Crippen LogP contribution in [0.4, 0.5) is 0 Å². The Morgan fingerprint density at radius 3 is 2.64 bits per heavy atom. The van der Waals surface area contributed by atoms with E-state index in [0.29, 0.717) is 6.42 Å². The lowest BCUT2D eigenvalue weighted by Gasteiger charge is -2.26. The Balaban J connectivity index is 2.86. The van der Waals surface area contributed by atoms with Gasteiger partial charge in [0.2, 0.25) is 0 Å². The fourth-order valence-corrected chi connectivity index (χ4v) is 1.40. The van der Waals surface area contributed by atoms with Gasteiger partial charge in [0.1, 0.15) is 0 Å². The molecule has 0 saturated carbocycles. The summed E-state index contributed by atoms with van der Waals surface area (Å²) in [5.74, 6) is 0. The van der Waals surface area contributed by atoms with Gasteiger partial charge in [-0.15, -0.1) is 0 Å². The highest BCUT2D eigenvalue weighted by Crippen LogP contribution is 2.23. The summed E-state index contributed by atoms with van der Waals surface area (Å²) < 4.78 is 0. The lowest BCUT2D eigenvalue weighted by Crippen LogP contribution is -2.45. The molecular formula is C6H11N3OS. The van der Waals surface area contributed by atoms with Crippen molar-refractivity contribution in [3.8, 4) is 0 Å². The van der Waals surface area contributed by atoms with Gasteiger partial charge in [-0.05, 0) is 26.1 Å². The summed E-state index contributed by atoms with van der Waals surface area (Å²) in [7, 11) is 0. The van der Waals surface area contributed by atoms with Gasteiger partial charge in [-0.2, -0.15) is 5.10 Å². The number of aliphatic hydroxyl groups is 1. The Kier molecular flexibility index (Phi) is 1.85. The van der Waals surface area contributed by atoms with Crippen LogP contribution in [0, 0.1) is 0 Å². The molecule has 1 aliphatic heterocycles. The molecule has 0 spiro atoms. The minimum atomic E-state index is -1.03. The number of rotatable bonds is 0. The van der Waals surface area contributed by atoms with Gasteiger partial charge in [-0.25, -0.2) is 5.01 Å². The molecule has 0 unspecified atom stereocenters. The molecule has 3 N–H and O–H groups in total. The summed E-state index contributed by atoms with van der Waals surface area (Å²) in [6.45, 7) is 3.46. The Bertz CT molecular complexity index is 224. The zero-order valence-electron chi connectivity index (χ0n) is 6.53. The van der Waals surface area contributed by atoms with Crippen molar-refractivity contribution < 1.29 is 5.11 Å². The van der Waals surface area contributed by atoms with Crippen molar-refractivity contribution in [3.63, 3.8) is 0 Å². The number of nitrogens with zero attached hydrogens (tertiary/aromatic N) is 2. The van der Waals surface area contributed by atoms with Crippen LogP contribution in [0.1, 0.15) is 20.3 Å². The van der Waals surface area contributed by atoms with Crippen LogP contribution in [0.25, 0.3) is 0 Å². The highest BCUT2D eigenvalue weighted by atomic mass is 32.1. The molecular weight excluding hydrogens is 162 g/mol. The number of hydrazone groups is 1. The molecule has 1 aliphatic rings. The van der Waals surface area contributed by atoms with Crippen LogP contribution in [0.3, 0.4) is 0 Å². The third-order valence-electron chi connectivity index (χ3n) is 1.53. The number of hydrogen-bond acceptors (Lipinski definition) is 3. The number of thiocarbonyl (C=S) groups is 1. The molecule has 0 aromatic heterocycles. The summed E-state index contributed by atoms with van der Waals surface area (Å²) in [5.41, 5.74) is 5.13. The van der Waals surface area contributed by atoms with Gasteiger partial charge in [0.05, 0.1) is 0 Å². The summed E-state index contributed by atoms with van der Waals surface area (Å²) in [6, 6.07) is 0. The highest BCUT2D eigenvalue weighted by molar-refractivity contribution is 7.80. The van der Waals surface area contributed by atoms with Crippen molar-refractivity contribution >= 4 is 23.0 Å². The van der Waals surface area contributed by atoms with Crippen LogP contribution in [0.2, 0.25) is 0 Å². The monoisotopic (exact) mass is 173 g/mol. The lowest BCUT2D eigenvalue weighted by molar-refractivity contribution is -0.0321. The van der Waals surface area contributed by atoms with Crippen molar-refractivity contribution in [2.45, 2.75) is 26.0 Å². The maximum absolute atomic E-state index is 9.64.